The van der Waals surface area contributed by atoms with E-state index >= 15 is 0 Å². The molecular formula is C12H21NO2. The van der Waals surface area contributed by atoms with Gasteiger partial charge in [0.25, 0.3) is 0 Å². The summed E-state index contributed by atoms with van der Waals surface area (Å²) in [7, 11) is 0. The lowest BCUT2D eigenvalue weighted by Crippen LogP contribution is -2.19. The Morgan fingerprint density at radius 3 is 2.80 bits per heavy atom. The number of nitrogens with one attached hydrogen (secondary N) is 1. The fourth-order valence-corrected chi connectivity index (χ4v) is 1.89. The van der Waals surface area contributed by atoms with Crippen LogP contribution in [0.4, 0.5) is 0 Å². The van der Waals surface area contributed by atoms with Gasteiger partial charge in [0, 0.05) is 12.2 Å². The second kappa shape index (κ2) is 6.49. The molecule has 1 fully saturated rings. The highest BCUT2D eigenvalue weighted by Crippen LogP contribution is 2.18. The van der Waals surface area contributed by atoms with Gasteiger partial charge in [-0.1, -0.05) is 13.3 Å². The molecule has 0 bridgehead atoms. The molecule has 0 aromatic carbocycles. The van der Waals surface area contributed by atoms with Crippen LogP contribution in [0.15, 0.2) is 11.3 Å². The van der Waals surface area contributed by atoms with Gasteiger partial charge in [-0.25, -0.2) is 4.79 Å². The maximum Gasteiger partial charge on any atom is 0.335 e. The van der Waals surface area contributed by atoms with Crippen molar-refractivity contribution in [3.8, 4) is 0 Å². The highest BCUT2D eigenvalue weighted by atomic mass is 16.5. The third-order valence-electron chi connectivity index (χ3n) is 2.68. The van der Waals surface area contributed by atoms with Crippen LogP contribution < -0.4 is 5.32 Å². The van der Waals surface area contributed by atoms with Crippen molar-refractivity contribution in [2.75, 3.05) is 13.2 Å². The minimum atomic E-state index is -0.149. The quantitative estimate of drug-likeness (QED) is 0.575. The zero-order valence-corrected chi connectivity index (χ0v) is 9.77. The predicted molar refractivity (Wildman–Crippen MR) is 60.4 cm³/mol. The van der Waals surface area contributed by atoms with Gasteiger partial charge in [0.2, 0.25) is 0 Å². The summed E-state index contributed by atoms with van der Waals surface area (Å²) >= 11 is 0. The number of hydrogen-bond donors (Lipinski definition) is 1. The molecule has 0 radical (unpaired) electrons. The van der Waals surface area contributed by atoms with E-state index in [0.717, 1.165) is 30.7 Å². The topological polar surface area (TPSA) is 38.3 Å². The summed E-state index contributed by atoms with van der Waals surface area (Å²) in [4.78, 5) is 11.7. The molecule has 0 saturated carbocycles. The van der Waals surface area contributed by atoms with E-state index in [1.807, 2.05) is 13.8 Å². The van der Waals surface area contributed by atoms with E-state index in [9.17, 15) is 4.79 Å². The average molecular weight is 211 g/mol. The van der Waals surface area contributed by atoms with Crippen molar-refractivity contribution in [2.45, 2.75) is 46.0 Å². The van der Waals surface area contributed by atoms with Crippen LogP contribution in [0, 0.1) is 0 Å². The number of rotatable bonds is 3. The number of esters is 1. The Morgan fingerprint density at radius 1 is 1.33 bits per heavy atom. The smallest absolute Gasteiger partial charge is 0.335 e. The summed E-state index contributed by atoms with van der Waals surface area (Å²) in [5, 5.41) is 3.35. The molecule has 3 nitrogen and oxygen atoms in total. The Balaban J connectivity index is 2.74. The maximum absolute atomic E-state index is 11.7. The largest absolute Gasteiger partial charge is 0.463 e. The Labute approximate surface area is 91.9 Å². The number of carbonyl (C=O) groups is 1. The second-order valence-corrected chi connectivity index (χ2v) is 3.77. The van der Waals surface area contributed by atoms with Gasteiger partial charge >= 0.3 is 5.97 Å². The summed E-state index contributed by atoms with van der Waals surface area (Å²) in [6.45, 7) is 5.29. The van der Waals surface area contributed by atoms with Gasteiger partial charge in [-0.2, -0.15) is 0 Å². The van der Waals surface area contributed by atoms with Gasteiger partial charge in [0.1, 0.15) is 0 Å². The zero-order chi connectivity index (χ0) is 11.1. The first-order valence-corrected chi connectivity index (χ1v) is 5.92. The zero-order valence-electron chi connectivity index (χ0n) is 9.77. The van der Waals surface area contributed by atoms with Crippen LogP contribution in [0.1, 0.15) is 46.0 Å². The maximum atomic E-state index is 11.7. The molecule has 1 aliphatic rings. The van der Waals surface area contributed by atoms with Crippen molar-refractivity contribution in [1.82, 2.24) is 5.32 Å². The van der Waals surface area contributed by atoms with Crippen LogP contribution in [0.2, 0.25) is 0 Å². The van der Waals surface area contributed by atoms with Crippen LogP contribution in [-0.4, -0.2) is 19.1 Å². The summed E-state index contributed by atoms with van der Waals surface area (Å²) in [6.07, 6.45) is 5.36. The van der Waals surface area contributed by atoms with E-state index in [4.69, 9.17) is 4.74 Å². The second-order valence-electron chi connectivity index (χ2n) is 3.77. The Morgan fingerprint density at radius 2 is 2.13 bits per heavy atom. The Bertz CT molecular complexity index is 236. The number of ether oxygens (including phenoxy) is 1. The minimum Gasteiger partial charge on any atom is -0.463 e. The SMILES string of the molecule is CCOC(=O)/C(CC)=C1/CCCCCN1. The third-order valence-corrected chi connectivity index (χ3v) is 2.68. The van der Waals surface area contributed by atoms with E-state index in [-0.39, 0.29) is 5.97 Å². The molecule has 0 aromatic heterocycles. The highest BCUT2D eigenvalue weighted by molar-refractivity contribution is 5.89. The molecule has 1 saturated heterocycles. The van der Waals surface area contributed by atoms with Crippen molar-refractivity contribution in [2.24, 2.45) is 0 Å². The van der Waals surface area contributed by atoms with Crippen molar-refractivity contribution < 1.29 is 9.53 Å². The van der Waals surface area contributed by atoms with Crippen LogP contribution in [-0.2, 0) is 9.53 Å². The van der Waals surface area contributed by atoms with E-state index in [2.05, 4.69) is 5.32 Å². The standard InChI is InChI=1S/C12H21NO2/c1-3-10(12(14)15-4-2)11-8-6-5-7-9-13-11/h13H,3-9H2,1-2H3/b11-10-. The van der Waals surface area contributed by atoms with E-state index in [1.165, 1.54) is 19.3 Å². The van der Waals surface area contributed by atoms with Crippen molar-refractivity contribution in [3.63, 3.8) is 0 Å². The number of hydrogen-bond acceptors (Lipinski definition) is 3. The van der Waals surface area contributed by atoms with Crippen molar-refractivity contribution in [3.05, 3.63) is 11.3 Å². The molecule has 15 heavy (non-hydrogen) atoms. The molecule has 0 aliphatic carbocycles. The summed E-state index contributed by atoms with van der Waals surface area (Å²) in [6, 6.07) is 0. The van der Waals surface area contributed by atoms with Gasteiger partial charge in [-0.3, -0.25) is 0 Å². The van der Waals surface area contributed by atoms with Gasteiger partial charge in [-0.05, 0) is 32.6 Å². The van der Waals surface area contributed by atoms with Gasteiger partial charge < -0.3 is 10.1 Å². The molecule has 0 unspecified atom stereocenters. The Hall–Kier alpha value is -0.990. The average Bonchev–Trinajstić information content (AvgIpc) is 2.48. The van der Waals surface area contributed by atoms with E-state index in [0.29, 0.717) is 6.61 Å². The van der Waals surface area contributed by atoms with Crippen LogP contribution in [0.25, 0.3) is 0 Å². The lowest BCUT2D eigenvalue weighted by Gasteiger charge is -2.12. The van der Waals surface area contributed by atoms with Crippen LogP contribution >= 0.6 is 0 Å². The minimum absolute atomic E-state index is 0.149. The Kier molecular flexibility index (Phi) is 5.22. The normalized spacial score (nSPS) is 20.1. The van der Waals surface area contributed by atoms with E-state index in [1.54, 1.807) is 0 Å². The first-order chi connectivity index (χ1) is 7.29. The predicted octanol–water partition coefficient (Wildman–Crippen LogP) is 2.38. The highest BCUT2D eigenvalue weighted by Gasteiger charge is 2.15. The van der Waals surface area contributed by atoms with Crippen molar-refractivity contribution in [1.29, 1.82) is 0 Å². The van der Waals surface area contributed by atoms with Gasteiger partial charge in [0.05, 0.1) is 12.2 Å². The van der Waals surface area contributed by atoms with Gasteiger partial charge in [-0.15, -0.1) is 0 Å². The molecule has 1 heterocycles. The lowest BCUT2D eigenvalue weighted by atomic mass is 10.1. The third kappa shape index (κ3) is 3.57. The summed E-state index contributed by atoms with van der Waals surface area (Å²) in [5.41, 5.74) is 1.94. The molecule has 3 heteroatoms. The first-order valence-electron chi connectivity index (χ1n) is 5.92. The molecule has 0 amide bonds. The fraction of sp³-hybridized carbons (Fsp3) is 0.750. The molecule has 86 valence electrons. The summed E-state index contributed by atoms with van der Waals surface area (Å²) < 4.78 is 5.05. The number of allylic oxidation sites excluding steroid dienone is 1. The first kappa shape index (κ1) is 12.1. The van der Waals surface area contributed by atoms with Crippen LogP contribution in [0.3, 0.4) is 0 Å². The molecule has 0 spiro atoms. The molecular weight excluding hydrogens is 190 g/mol. The molecule has 1 aliphatic heterocycles. The number of carbonyl (C=O) groups excluding carboxylic acids is 1. The summed E-state index contributed by atoms with van der Waals surface area (Å²) in [5.74, 6) is -0.149. The lowest BCUT2D eigenvalue weighted by molar-refractivity contribution is -0.138. The molecule has 1 N–H and O–H groups in total. The van der Waals surface area contributed by atoms with Crippen LogP contribution in [0.5, 0.6) is 0 Å². The van der Waals surface area contributed by atoms with Gasteiger partial charge in [0.15, 0.2) is 0 Å². The van der Waals surface area contributed by atoms with Crippen molar-refractivity contribution >= 4 is 5.97 Å². The molecule has 0 atom stereocenters. The molecule has 0 aromatic rings. The van der Waals surface area contributed by atoms with E-state index < -0.39 is 0 Å². The fourth-order valence-electron chi connectivity index (χ4n) is 1.89. The molecule has 1 rings (SSSR count). The monoisotopic (exact) mass is 211 g/mol.